The summed E-state index contributed by atoms with van der Waals surface area (Å²) in [5.74, 6) is 0.441. The molecule has 0 bridgehead atoms. The molecule has 1 aliphatic rings. The lowest BCUT2D eigenvalue weighted by molar-refractivity contribution is 0.102. The van der Waals surface area contributed by atoms with Gasteiger partial charge >= 0.3 is 0 Å². The highest BCUT2D eigenvalue weighted by Crippen LogP contribution is 2.42. The molecule has 0 spiro atoms. The van der Waals surface area contributed by atoms with Crippen LogP contribution < -0.4 is 11.1 Å². The number of nitrogens with two attached hydrogens (primary N) is 1. The molecule has 0 atom stereocenters. The van der Waals surface area contributed by atoms with Gasteiger partial charge < -0.3 is 10.7 Å². The van der Waals surface area contributed by atoms with Crippen molar-refractivity contribution in [2.24, 2.45) is 0 Å². The molecule has 2 heterocycles. The summed E-state index contributed by atoms with van der Waals surface area (Å²) in [6, 6.07) is 7.56. The zero-order chi connectivity index (χ0) is 14.4. The minimum absolute atomic E-state index is 0.220. The van der Waals surface area contributed by atoms with E-state index in [0.717, 1.165) is 29.6 Å². The fourth-order valence-corrected chi connectivity index (χ4v) is 2.40. The Kier molecular flexibility index (Phi) is 2.47. The number of rotatable bonds is 3. The summed E-state index contributed by atoms with van der Waals surface area (Å²) >= 11 is 0. The maximum Gasteiger partial charge on any atom is 0.280 e. The standard InChI is InChI=1S/C14H14N6O/c15-10-11(7-5-6-7)19-20-12(10)13(21)18-14-16-8-3-1-2-4-9(8)17-14/h1-4,7H,5-6,15H2,(H,19,20)(H2,16,17,18,21). The third-order valence-electron chi connectivity index (χ3n) is 3.66. The molecule has 0 unspecified atom stereocenters. The number of imidazole rings is 1. The summed E-state index contributed by atoms with van der Waals surface area (Å²) in [7, 11) is 0. The van der Waals surface area contributed by atoms with Crippen LogP contribution in [0, 0.1) is 0 Å². The third-order valence-corrected chi connectivity index (χ3v) is 3.66. The molecule has 0 radical (unpaired) electrons. The highest BCUT2D eigenvalue weighted by Gasteiger charge is 2.30. The summed E-state index contributed by atoms with van der Waals surface area (Å²) in [5, 5.41) is 9.58. The maximum absolute atomic E-state index is 12.2. The molecule has 2 aromatic heterocycles. The zero-order valence-electron chi connectivity index (χ0n) is 11.2. The molecule has 1 amide bonds. The Morgan fingerprint density at radius 3 is 2.90 bits per heavy atom. The van der Waals surface area contributed by atoms with Gasteiger partial charge in [-0.05, 0) is 25.0 Å². The van der Waals surface area contributed by atoms with Gasteiger partial charge in [0.15, 0.2) is 5.69 Å². The summed E-state index contributed by atoms with van der Waals surface area (Å²) in [4.78, 5) is 19.6. The third kappa shape index (κ3) is 2.03. The number of benzene rings is 1. The molecule has 1 fully saturated rings. The van der Waals surface area contributed by atoms with Crippen LogP contribution in [0.2, 0.25) is 0 Å². The van der Waals surface area contributed by atoms with Crippen LogP contribution in [0.15, 0.2) is 24.3 Å². The second-order valence-electron chi connectivity index (χ2n) is 5.23. The summed E-state index contributed by atoms with van der Waals surface area (Å²) in [6.07, 6.45) is 2.19. The number of hydrogen-bond donors (Lipinski definition) is 4. The van der Waals surface area contributed by atoms with Crippen molar-refractivity contribution < 1.29 is 4.79 Å². The Hall–Kier alpha value is -2.83. The second-order valence-corrected chi connectivity index (χ2v) is 5.23. The van der Waals surface area contributed by atoms with Gasteiger partial charge in [0.25, 0.3) is 5.91 Å². The van der Waals surface area contributed by atoms with Gasteiger partial charge in [-0.25, -0.2) is 4.98 Å². The van der Waals surface area contributed by atoms with Crippen LogP contribution in [0.4, 0.5) is 11.6 Å². The zero-order valence-corrected chi connectivity index (χ0v) is 11.2. The molecule has 7 heteroatoms. The molecule has 21 heavy (non-hydrogen) atoms. The predicted molar refractivity (Wildman–Crippen MR) is 79.0 cm³/mol. The van der Waals surface area contributed by atoms with Gasteiger partial charge in [-0.3, -0.25) is 15.2 Å². The fourth-order valence-electron chi connectivity index (χ4n) is 2.40. The van der Waals surface area contributed by atoms with E-state index in [1.165, 1.54) is 0 Å². The van der Waals surface area contributed by atoms with E-state index in [1.807, 2.05) is 24.3 Å². The number of hydrogen-bond acceptors (Lipinski definition) is 4. The van der Waals surface area contributed by atoms with Gasteiger partial charge in [0.05, 0.1) is 22.4 Å². The van der Waals surface area contributed by atoms with E-state index in [4.69, 9.17) is 5.73 Å². The first-order chi connectivity index (χ1) is 10.2. The Labute approximate surface area is 120 Å². The topological polar surface area (TPSA) is 112 Å². The monoisotopic (exact) mass is 282 g/mol. The number of aromatic amines is 2. The Bertz CT molecular complexity index is 796. The van der Waals surface area contributed by atoms with Crippen molar-refractivity contribution >= 4 is 28.6 Å². The number of nitrogens with zero attached hydrogens (tertiary/aromatic N) is 2. The predicted octanol–water partition coefficient (Wildman–Crippen LogP) is 2.00. The van der Waals surface area contributed by atoms with Crippen LogP contribution in [0.3, 0.4) is 0 Å². The smallest absolute Gasteiger partial charge is 0.280 e. The average molecular weight is 282 g/mol. The molecule has 7 nitrogen and oxygen atoms in total. The van der Waals surface area contributed by atoms with E-state index < -0.39 is 0 Å². The van der Waals surface area contributed by atoms with E-state index in [-0.39, 0.29) is 11.6 Å². The van der Waals surface area contributed by atoms with Crippen molar-refractivity contribution in [3.8, 4) is 0 Å². The van der Waals surface area contributed by atoms with Crippen LogP contribution in [-0.4, -0.2) is 26.1 Å². The lowest BCUT2D eigenvalue weighted by Gasteiger charge is -2.00. The number of carbonyl (C=O) groups excluding carboxylic acids is 1. The summed E-state index contributed by atoms with van der Waals surface area (Å²) in [6.45, 7) is 0. The van der Waals surface area contributed by atoms with Gasteiger partial charge in [-0.1, -0.05) is 12.1 Å². The van der Waals surface area contributed by atoms with Gasteiger partial charge in [-0.2, -0.15) is 5.10 Å². The minimum Gasteiger partial charge on any atom is -0.395 e. The molecular weight excluding hydrogens is 268 g/mol. The highest BCUT2D eigenvalue weighted by atomic mass is 16.2. The lowest BCUT2D eigenvalue weighted by Crippen LogP contribution is -2.15. The fraction of sp³-hybridized carbons (Fsp3) is 0.214. The van der Waals surface area contributed by atoms with Crippen molar-refractivity contribution in [3.05, 3.63) is 35.7 Å². The molecule has 0 aliphatic heterocycles. The molecule has 1 aromatic carbocycles. The number of carbonyl (C=O) groups is 1. The van der Waals surface area contributed by atoms with E-state index in [1.54, 1.807) is 0 Å². The Morgan fingerprint density at radius 1 is 1.33 bits per heavy atom. The van der Waals surface area contributed by atoms with Crippen molar-refractivity contribution in [1.82, 2.24) is 20.2 Å². The number of fused-ring (bicyclic) bond motifs is 1. The molecule has 1 aliphatic carbocycles. The van der Waals surface area contributed by atoms with Crippen molar-refractivity contribution in [2.75, 3.05) is 11.1 Å². The van der Waals surface area contributed by atoms with Crippen LogP contribution in [0.5, 0.6) is 0 Å². The van der Waals surface area contributed by atoms with E-state index >= 15 is 0 Å². The Morgan fingerprint density at radius 2 is 2.14 bits per heavy atom. The van der Waals surface area contributed by atoms with Crippen molar-refractivity contribution in [1.29, 1.82) is 0 Å². The molecule has 0 saturated heterocycles. The number of H-pyrrole nitrogens is 2. The first-order valence-electron chi connectivity index (χ1n) is 6.82. The molecule has 3 aromatic rings. The first kappa shape index (κ1) is 12.0. The molecule has 106 valence electrons. The van der Waals surface area contributed by atoms with Gasteiger partial charge in [0, 0.05) is 5.92 Å². The van der Waals surface area contributed by atoms with Crippen molar-refractivity contribution in [3.63, 3.8) is 0 Å². The number of nitrogens with one attached hydrogen (secondary N) is 3. The molecule has 1 saturated carbocycles. The normalized spacial score (nSPS) is 14.5. The van der Waals surface area contributed by atoms with Gasteiger partial charge in [0.1, 0.15) is 0 Å². The van der Waals surface area contributed by atoms with Crippen LogP contribution in [0.25, 0.3) is 11.0 Å². The summed E-state index contributed by atoms with van der Waals surface area (Å²) < 4.78 is 0. The van der Waals surface area contributed by atoms with Gasteiger partial charge in [0.2, 0.25) is 5.95 Å². The largest absolute Gasteiger partial charge is 0.395 e. The minimum atomic E-state index is -0.366. The Balaban J connectivity index is 1.60. The van der Waals surface area contributed by atoms with E-state index in [9.17, 15) is 4.79 Å². The van der Waals surface area contributed by atoms with Crippen molar-refractivity contribution in [2.45, 2.75) is 18.8 Å². The molecular formula is C14H14N6O. The molecule has 4 rings (SSSR count). The van der Waals surface area contributed by atoms with E-state index in [2.05, 4.69) is 25.5 Å². The van der Waals surface area contributed by atoms with Crippen LogP contribution >= 0.6 is 0 Å². The quantitative estimate of drug-likeness (QED) is 0.588. The van der Waals surface area contributed by atoms with Crippen LogP contribution in [-0.2, 0) is 0 Å². The number of anilines is 2. The lowest BCUT2D eigenvalue weighted by atomic mass is 10.2. The SMILES string of the molecule is Nc1c(C(=O)Nc2nc3ccccc3[nH]2)n[nH]c1C1CC1. The van der Waals surface area contributed by atoms with E-state index in [0.29, 0.717) is 17.6 Å². The maximum atomic E-state index is 12.2. The average Bonchev–Trinajstić information content (AvgIpc) is 3.11. The second kappa shape index (κ2) is 4.34. The number of aromatic nitrogens is 4. The summed E-state index contributed by atoms with van der Waals surface area (Å²) in [5.41, 5.74) is 9.17. The molecule has 5 N–H and O–H groups in total. The highest BCUT2D eigenvalue weighted by molar-refractivity contribution is 6.06. The number of nitrogen functional groups attached to an aromatic ring is 1. The number of amides is 1. The van der Waals surface area contributed by atoms with Crippen LogP contribution in [0.1, 0.15) is 34.9 Å². The van der Waals surface area contributed by atoms with Gasteiger partial charge in [-0.15, -0.1) is 0 Å². The first-order valence-corrected chi connectivity index (χ1v) is 6.82. The number of para-hydroxylation sites is 2.